The summed E-state index contributed by atoms with van der Waals surface area (Å²) in [5.41, 5.74) is -0.456. The van der Waals surface area contributed by atoms with Gasteiger partial charge in [0.25, 0.3) is 0 Å². The number of Topliss-reactive ketones (excluding diaryl/α,β-unsaturated/α-hetero) is 1. The number of benzene rings is 1. The van der Waals surface area contributed by atoms with Crippen molar-refractivity contribution in [2.75, 3.05) is 0 Å². The molecule has 0 spiro atoms. The van der Waals surface area contributed by atoms with Crippen molar-refractivity contribution in [1.29, 1.82) is 0 Å². The Labute approximate surface area is 96.3 Å². The maximum absolute atomic E-state index is 13.1. The van der Waals surface area contributed by atoms with Crippen LogP contribution in [-0.2, 0) is 0 Å². The van der Waals surface area contributed by atoms with Gasteiger partial charge in [-0.2, -0.15) is 0 Å². The molecule has 0 unspecified atom stereocenters. The van der Waals surface area contributed by atoms with E-state index in [1.165, 1.54) is 0 Å². The largest absolute Gasteiger partial charge is 0.573 e. The van der Waals surface area contributed by atoms with Gasteiger partial charge < -0.3 is 4.74 Å². The van der Waals surface area contributed by atoms with E-state index in [0.29, 0.717) is 6.07 Å². The number of carbonyl (C=O) groups is 1. The molecular formula is C9H5BrF4O2. The molecule has 1 aromatic carbocycles. The van der Waals surface area contributed by atoms with E-state index in [0.717, 1.165) is 13.0 Å². The van der Waals surface area contributed by atoms with Crippen molar-refractivity contribution in [1.82, 2.24) is 0 Å². The molecule has 0 aromatic heterocycles. The summed E-state index contributed by atoms with van der Waals surface area (Å²) in [6.07, 6.45) is -4.89. The molecule has 88 valence electrons. The van der Waals surface area contributed by atoms with Crippen LogP contribution in [0.4, 0.5) is 17.6 Å². The topological polar surface area (TPSA) is 26.3 Å². The predicted octanol–water partition coefficient (Wildman–Crippen LogP) is 3.69. The van der Waals surface area contributed by atoms with Gasteiger partial charge in [0.1, 0.15) is 11.6 Å². The maximum Gasteiger partial charge on any atom is 0.573 e. The molecule has 0 N–H and O–H groups in total. The van der Waals surface area contributed by atoms with Crippen LogP contribution < -0.4 is 4.74 Å². The van der Waals surface area contributed by atoms with E-state index in [1.807, 2.05) is 0 Å². The molecule has 7 heteroatoms. The standard InChI is InChI=1S/C9H5BrF4O2/c1-4(15)5-2-8(16-9(12,13)14)6(10)3-7(5)11/h2-3H,1H3. The molecule has 0 amide bonds. The van der Waals surface area contributed by atoms with Crippen molar-refractivity contribution in [2.24, 2.45) is 0 Å². The summed E-state index contributed by atoms with van der Waals surface area (Å²) in [5, 5.41) is 0. The van der Waals surface area contributed by atoms with E-state index >= 15 is 0 Å². The smallest absolute Gasteiger partial charge is 0.405 e. The van der Waals surface area contributed by atoms with E-state index in [1.54, 1.807) is 0 Å². The van der Waals surface area contributed by atoms with Crippen LogP contribution in [0.25, 0.3) is 0 Å². The second-order valence-electron chi connectivity index (χ2n) is 2.87. The molecule has 0 radical (unpaired) electrons. The minimum Gasteiger partial charge on any atom is -0.405 e. The molecule has 0 fully saturated rings. The zero-order chi connectivity index (χ0) is 12.5. The molecule has 1 rings (SSSR count). The van der Waals surface area contributed by atoms with Gasteiger partial charge in [-0.15, -0.1) is 13.2 Å². The van der Waals surface area contributed by atoms with Crippen molar-refractivity contribution in [3.63, 3.8) is 0 Å². The summed E-state index contributed by atoms with van der Waals surface area (Å²) in [4.78, 5) is 10.9. The fraction of sp³-hybridized carbons (Fsp3) is 0.222. The Hall–Kier alpha value is -1.11. The van der Waals surface area contributed by atoms with Gasteiger partial charge in [-0.3, -0.25) is 4.79 Å². The Morgan fingerprint density at radius 1 is 1.38 bits per heavy atom. The lowest BCUT2D eigenvalue weighted by Gasteiger charge is -2.11. The number of ketones is 1. The number of hydrogen-bond acceptors (Lipinski definition) is 2. The Morgan fingerprint density at radius 3 is 2.38 bits per heavy atom. The van der Waals surface area contributed by atoms with E-state index in [9.17, 15) is 22.4 Å². The molecule has 0 heterocycles. The average molecular weight is 301 g/mol. The highest BCUT2D eigenvalue weighted by molar-refractivity contribution is 9.10. The molecule has 2 nitrogen and oxygen atoms in total. The first-order valence-electron chi connectivity index (χ1n) is 3.96. The van der Waals surface area contributed by atoms with E-state index < -0.39 is 29.3 Å². The molecule has 0 atom stereocenters. The van der Waals surface area contributed by atoms with Gasteiger partial charge in [-0.25, -0.2) is 4.39 Å². The van der Waals surface area contributed by atoms with Crippen LogP contribution in [0.2, 0.25) is 0 Å². The highest BCUT2D eigenvalue weighted by Gasteiger charge is 2.32. The van der Waals surface area contributed by atoms with Gasteiger partial charge in [0.05, 0.1) is 10.0 Å². The van der Waals surface area contributed by atoms with E-state index in [2.05, 4.69) is 20.7 Å². The van der Waals surface area contributed by atoms with Gasteiger partial charge in [0, 0.05) is 0 Å². The predicted molar refractivity (Wildman–Crippen MR) is 50.8 cm³/mol. The minimum absolute atomic E-state index is 0.215. The number of ether oxygens (including phenoxy) is 1. The first-order chi connectivity index (χ1) is 7.20. The molecule has 0 aliphatic carbocycles. The quantitative estimate of drug-likeness (QED) is 0.615. The van der Waals surface area contributed by atoms with Crippen LogP contribution in [0.1, 0.15) is 17.3 Å². The lowest BCUT2D eigenvalue weighted by Crippen LogP contribution is -2.18. The van der Waals surface area contributed by atoms with Crippen LogP contribution in [0.15, 0.2) is 16.6 Å². The van der Waals surface area contributed by atoms with Crippen molar-refractivity contribution in [3.05, 3.63) is 28.0 Å². The SMILES string of the molecule is CC(=O)c1cc(OC(F)(F)F)c(Br)cc1F. The van der Waals surface area contributed by atoms with Crippen molar-refractivity contribution < 1.29 is 27.1 Å². The molecular weight excluding hydrogens is 296 g/mol. The summed E-state index contributed by atoms with van der Waals surface area (Å²) in [5.74, 6) is -2.25. The molecule has 0 aliphatic rings. The normalized spacial score (nSPS) is 11.4. The summed E-state index contributed by atoms with van der Waals surface area (Å²) in [7, 11) is 0. The van der Waals surface area contributed by atoms with E-state index in [4.69, 9.17) is 0 Å². The third-order valence-corrected chi connectivity index (χ3v) is 2.25. The lowest BCUT2D eigenvalue weighted by atomic mass is 10.1. The second kappa shape index (κ2) is 4.40. The highest BCUT2D eigenvalue weighted by atomic mass is 79.9. The van der Waals surface area contributed by atoms with Crippen LogP contribution >= 0.6 is 15.9 Å². The van der Waals surface area contributed by atoms with Crippen LogP contribution in [0.5, 0.6) is 5.75 Å². The average Bonchev–Trinajstić information content (AvgIpc) is 2.07. The van der Waals surface area contributed by atoms with Gasteiger partial charge in [-0.1, -0.05) is 0 Å². The zero-order valence-corrected chi connectivity index (χ0v) is 9.45. The van der Waals surface area contributed by atoms with Crippen LogP contribution in [0.3, 0.4) is 0 Å². The Morgan fingerprint density at radius 2 is 1.94 bits per heavy atom. The van der Waals surface area contributed by atoms with Crippen LogP contribution in [-0.4, -0.2) is 12.1 Å². The number of carbonyl (C=O) groups excluding carboxylic acids is 1. The maximum atomic E-state index is 13.1. The molecule has 16 heavy (non-hydrogen) atoms. The Kier molecular flexibility index (Phi) is 3.57. The Bertz CT molecular complexity index is 428. The van der Waals surface area contributed by atoms with Gasteiger partial charge in [0.15, 0.2) is 5.78 Å². The third kappa shape index (κ3) is 3.19. The zero-order valence-electron chi connectivity index (χ0n) is 7.86. The first kappa shape index (κ1) is 13.0. The highest BCUT2D eigenvalue weighted by Crippen LogP contribution is 2.32. The number of hydrogen-bond donors (Lipinski definition) is 0. The first-order valence-corrected chi connectivity index (χ1v) is 4.75. The lowest BCUT2D eigenvalue weighted by molar-refractivity contribution is -0.274. The molecule has 0 aliphatic heterocycles. The minimum atomic E-state index is -4.89. The summed E-state index contributed by atoms with van der Waals surface area (Å²) in [6, 6.07) is 1.45. The summed E-state index contributed by atoms with van der Waals surface area (Å²) in [6.45, 7) is 1.05. The van der Waals surface area contributed by atoms with Crippen LogP contribution in [0, 0.1) is 5.82 Å². The summed E-state index contributed by atoms with van der Waals surface area (Å²) < 4.78 is 52.3. The van der Waals surface area contributed by atoms with Crippen molar-refractivity contribution in [2.45, 2.75) is 13.3 Å². The van der Waals surface area contributed by atoms with Gasteiger partial charge in [0.2, 0.25) is 0 Å². The monoisotopic (exact) mass is 300 g/mol. The fourth-order valence-electron chi connectivity index (χ4n) is 1.00. The molecule has 0 saturated heterocycles. The Balaban J connectivity index is 3.20. The van der Waals surface area contributed by atoms with Gasteiger partial charge in [-0.05, 0) is 35.0 Å². The fourth-order valence-corrected chi connectivity index (χ4v) is 1.40. The van der Waals surface area contributed by atoms with E-state index in [-0.39, 0.29) is 4.47 Å². The molecule has 0 saturated carbocycles. The molecule has 0 bridgehead atoms. The van der Waals surface area contributed by atoms with Crippen molar-refractivity contribution in [3.8, 4) is 5.75 Å². The van der Waals surface area contributed by atoms with Crippen molar-refractivity contribution >= 4 is 21.7 Å². The van der Waals surface area contributed by atoms with Gasteiger partial charge >= 0.3 is 6.36 Å². The summed E-state index contributed by atoms with van der Waals surface area (Å²) >= 11 is 2.71. The second-order valence-corrected chi connectivity index (χ2v) is 3.72. The number of halogens is 5. The number of rotatable bonds is 2. The number of alkyl halides is 3. The molecule has 1 aromatic rings. The third-order valence-electron chi connectivity index (χ3n) is 1.63.